The second kappa shape index (κ2) is 8.13. The van der Waals surface area contributed by atoms with Crippen molar-refractivity contribution in [3.63, 3.8) is 0 Å². The Labute approximate surface area is 144 Å². The summed E-state index contributed by atoms with van der Waals surface area (Å²) in [5, 5.41) is 3.07. The van der Waals surface area contributed by atoms with E-state index in [-0.39, 0.29) is 24.0 Å². The summed E-state index contributed by atoms with van der Waals surface area (Å²) in [5.41, 5.74) is 1.49. The highest BCUT2D eigenvalue weighted by Crippen LogP contribution is 2.14. The highest BCUT2D eigenvalue weighted by atomic mass is 16.2. The topological polar surface area (TPSA) is 65.5 Å². The van der Waals surface area contributed by atoms with E-state index in [2.05, 4.69) is 17.2 Å². The Kier molecular flexibility index (Phi) is 6.17. The van der Waals surface area contributed by atoms with Crippen molar-refractivity contribution in [2.24, 2.45) is 0 Å². The lowest BCUT2D eigenvalue weighted by Crippen LogP contribution is -2.48. The van der Waals surface area contributed by atoms with Gasteiger partial charge in [0.25, 0.3) is 5.91 Å². The third-order valence-electron chi connectivity index (χ3n) is 4.31. The van der Waals surface area contributed by atoms with Crippen LogP contribution in [0.25, 0.3) is 0 Å². The second-order valence-corrected chi connectivity index (χ2v) is 6.66. The molecule has 0 aromatic carbocycles. The van der Waals surface area contributed by atoms with E-state index in [1.165, 1.54) is 0 Å². The molecular formula is C18H28N4O2. The summed E-state index contributed by atoms with van der Waals surface area (Å²) in [6.07, 6.45) is 3.33. The number of amides is 3. The van der Waals surface area contributed by atoms with Crippen molar-refractivity contribution in [2.75, 3.05) is 19.6 Å². The molecule has 0 unspecified atom stereocenters. The number of carbonyl (C=O) groups excluding carboxylic acids is 2. The van der Waals surface area contributed by atoms with Crippen LogP contribution in [0, 0.1) is 6.92 Å². The van der Waals surface area contributed by atoms with E-state index in [1.54, 1.807) is 17.2 Å². The molecule has 3 amide bonds. The molecule has 1 aromatic rings. The molecule has 24 heavy (non-hydrogen) atoms. The van der Waals surface area contributed by atoms with Crippen LogP contribution >= 0.6 is 0 Å². The monoisotopic (exact) mass is 332 g/mol. The van der Waals surface area contributed by atoms with Gasteiger partial charge in [0, 0.05) is 43.6 Å². The normalized spacial score (nSPS) is 17.2. The molecule has 6 heteroatoms. The lowest BCUT2D eigenvalue weighted by atomic mass is 10.2. The first-order valence-electron chi connectivity index (χ1n) is 8.71. The zero-order valence-electron chi connectivity index (χ0n) is 15.1. The SMILES string of the molecule is CCCN(C(=O)N[C@@H]1CCN(C(=O)c2ccc(C)nc2)C1)C(C)C. The number of nitrogens with zero attached hydrogens (tertiary/aromatic N) is 3. The third kappa shape index (κ3) is 4.46. The maximum Gasteiger partial charge on any atom is 0.317 e. The van der Waals surface area contributed by atoms with Gasteiger partial charge in [-0.2, -0.15) is 0 Å². The van der Waals surface area contributed by atoms with Gasteiger partial charge in [-0.1, -0.05) is 6.92 Å². The van der Waals surface area contributed by atoms with Crippen LogP contribution in [-0.4, -0.2) is 58.4 Å². The first kappa shape index (κ1) is 18.2. The average Bonchev–Trinajstić information content (AvgIpc) is 3.00. The summed E-state index contributed by atoms with van der Waals surface area (Å²) >= 11 is 0. The highest BCUT2D eigenvalue weighted by molar-refractivity contribution is 5.94. The van der Waals surface area contributed by atoms with E-state index >= 15 is 0 Å². The van der Waals surface area contributed by atoms with Crippen molar-refractivity contribution >= 4 is 11.9 Å². The predicted molar refractivity (Wildman–Crippen MR) is 93.9 cm³/mol. The van der Waals surface area contributed by atoms with Crippen LogP contribution < -0.4 is 5.32 Å². The molecule has 2 rings (SSSR count). The number of aromatic nitrogens is 1. The maximum absolute atomic E-state index is 12.5. The molecule has 0 saturated carbocycles. The fourth-order valence-corrected chi connectivity index (χ4v) is 2.93. The first-order valence-corrected chi connectivity index (χ1v) is 8.71. The van der Waals surface area contributed by atoms with Gasteiger partial charge < -0.3 is 15.1 Å². The molecule has 0 aliphatic carbocycles. The Morgan fingerprint density at radius 1 is 1.42 bits per heavy atom. The summed E-state index contributed by atoms with van der Waals surface area (Å²) in [7, 11) is 0. The van der Waals surface area contributed by atoms with Gasteiger partial charge in [-0.3, -0.25) is 9.78 Å². The fraction of sp³-hybridized carbons (Fsp3) is 0.611. The number of likely N-dealkylation sites (tertiary alicyclic amines) is 1. The molecule has 1 atom stereocenters. The minimum Gasteiger partial charge on any atom is -0.336 e. The van der Waals surface area contributed by atoms with Gasteiger partial charge in [-0.15, -0.1) is 0 Å². The van der Waals surface area contributed by atoms with Crippen LogP contribution in [0.5, 0.6) is 0 Å². The van der Waals surface area contributed by atoms with Crippen molar-refractivity contribution in [3.8, 4) is 0 Å². The third-order valence-corrected chi connectivity index (χ3v) is 4.31. The van der Waals surface area contributed by atoms with E-state index in [1.807, 2.05) is 31.7 Å². The van der Waals surface area contributed by atoms with Crippen molar-refractivity contribution in [2.45, 2.75) is 52.6 Å². The van der Waals surface area contributed by atoms with Gasteiger partial charge >= 0.3 is 6.03 Å². The molecule has 6 nitrogen and oxygen atoms in total. The van der Waals surface area contributed by atoms with E-state index in [0.717, 1.165) is 25.1 Å². The van der Waals surface area contributed by atoms with Crippen LogP contribution in [0.1, 0.15) is 49.7 Å². The Morgan fingerprint density at radius 2 is 2.17 bits per heavy atom. The maximum atomic E-state index is 12.5. The minimum atomic E-state index is -0.0387. The summed E-state index contributed by atoms with van der Waals surface area (Å²) in [5.74, 6) is -0.0199. The predicted octanol–water partition coefficient (Wildman–Crippen LogP) is 2.43. The molecule has 0 bridgehead atoms. The molecule has 0 radical (unpaired) electrons. The van der Waals surface area contributed by atoms with Crippen LogP contribution in [0.4, 0.5) is 4.79 Å². The number of hydrogen-bond donors (Lipinski definition) is 1. The van der Waals surface area contributed by atoms with Gasteiger partial charge in [-0.05, 0) is 45.7 Å². The fourth-order valence-electron chi connectivity index (χ4n) is 2.93. The van der Waals surface area contributed by atoms with Crippen LogP contribution in [-0.2, 0) is 0 Å². The molecule has 1 aliphatic rings. The molecule has 132 valence electrons. The Bertz CT molecular complexity index is 571. The van der Waals surface area contributed by atoms with E-state index in [4.69, 9.17) is 0 Å². The Morgan fingerprint density at radius 3 is 2.75 bits per heavy atom. The molecule has 1 aliphatic heterocycles. The molecule has 1 N–H and O–H groups in total. The van der Waals surface area contributed by atoms with E-state index in [0.29, 0.717) is 18.7 Å². The number of urea groups is 1. The number of rotatable bonds is 5. The van der Waals surface area contributed by atoms with Gasteiger partial charge in [0.1, 0.15) is 0 Å². The first-order chi connectivity index (χ1) is 11.4. The lowest BCUT2D eigenvalue weighted by molar-refractivity contribution is 0.0788. The smallest absolute Gasteiger partial charge is 0.317 e. The standard InChI is InChI=1S/C18H28N4O2/c1-5-9-22(13(2)3)18(24)20-16-8-10-21(12-16)17(23)15-7-6-14(4)19-11-15/h6-7,11,13,16H,5,8-10,12H2,1-4H3,(H,20,24)/t16-/m1/s1. The van der Waals surface area contributed by atoms with Crippen molar-refractivity contribution < 1.29 is 9.59 Å². The van der Waals surface area contributed by atoms with Crippen LogP contribution in [0.3, 0.4) is 0 Å². The van der Waals surface area contributed by atoms with E-state index in [9.17, 15) is 9.59 Å². The van der Waals surface area contributed by atoms with Crippen LogP contribution in [0.2, 0.25) is 0 Å². The van der Waals surface area contributed by atoms with Gasteiger partial charge in [0.15, 0.2) is 0 Å². The summed E-state index contributed by atoms with van der Waals surface area (Å²) in [4.78, 5) is 32.7. The Balaban J connectivity index is 1.91. The average molecular weight is 332 g/mol. The van der Waals surface area contributed by atoms with Crippen LogP contribution in [0.15, 0.2) is 18.3 Å². The Hall–Kier alpha value is -2.11. The summed E-state index contributed by atoms with van der Waals surface area (Å²) in [6, 6.07) is 3.79. The zero-order chi connectivity index (χ0) is 17.7. The van der Waals surface area contributed by atoms with Crippen molar-refractivity contribution in [1.29, 1.82) is 0 Å². The van der Waals surface area contributed by atoms with Crippen molar-refractivity contribution in [1.82, 2.24) is 20.1 Å². The largest absolute Gasteiger partial charge is 0.336 e. The number of hydrogen-bond acceptors (Lipinski definition) is 3. The number of aryl methyl sites for hydroxylation is 1. The molecule has 1 aromatic heterocycles. The number of nitrogens with one attached hydrogen (secondary N) is 1. The second-order valence-electron chi connectivity index (χ2n) is 6.66. The van der Waals surface area contributed by atoms with Gasteiger partial charge in [0.05, 0.1) is 5.56 Å². The molecule has 1 saturated heterocycles. The molecule has 0 spiro atoms. The molecular weight excluding hydrogens is 304 g/mol. The zero-order valence-corrected chi connectivity index (χ0v) is 15.1. The summed E-state index contributed by atoms with van der Waals surface area (Å²) in [6.45, 7) is 9.95. The van der Waals surface area contributed by atoms with Crippen molar-refractivity contribution in [3.05, 3.63) is 29.6 Å². The molecule has 1 fully saturated rings. The molecule has 2 heterocycles. The lowest BCUT2D eigenvalue weighted by Gasteiger charge is -2.28. The van der Waals surface area contributed by atoms with E-state index < -0.39 is 0 Å². The quantitative estimate of drug-likeness (QED) is 0.900. The number of pyridine rings is 1. The number of carbonyl (C=O) groups is 2. The summed E-state index contributed by atoms with van der Waals surface area (Å²) < 4.78 is 0. The highest BCUT2D eigenvalue weighted by Gasteiger charge is 2.29. The van der Waals surface area contributed by atoms with Gasteiger partial charge in [0.2, 0.25) is 0 Å². The minimum absolute atomic E-state index is 0.0120. The van der Waals surface area contributed by atoms with Gasteiger partial charge in [-0.25, -0.2) is 4.79 Å².